The van der Waals surface area contributed by atoms with E-state index in [4.69, 9.17) is 9.47 Å². The number of Topliss-reactive ketones (excluding diaryl/α,β-unsaturated/α-hetero) is 1. The van der Waals surface area contributed by atoms with Gasteiger partial charge < -0.3 is 20.1 Å². The molecule has 0 spiro atoms. The van der Waals surface area contributed by atoms with Crippen molar-refractivity contribution in [3.63, 3.8) is 0 Å². The lowest BCUT2D eigenvalue weighted by molar-refractivity contribution is -0.155. The normalized spacial score (nSPS) is 12.5. The highest BCUT2D eigenvalue weighted by atomic mass is 32.1. The predicted octanol–water partition coefficient (Wildman–Crippen LogP) is 3.38. The van der Waals surface area contributed by atoms with Crippen LogP contribution in [0.25, 0.3) is 10.7 Å². The molecule has 3 amide bonds. The molecule has 13 nitrogen and oxygen atoms in total. The van der Waals surface area contributed by atoms with Crippen molar-refractivity contribution in [2.24, 2.45) is 11.8 Å². The van der Waals surface area contributed by atoms with Crippen LogP contribution in [0.4, 0.5) is 19.3 Å². The summed E-state index contributed by atoms with van der Waals surface area (Å²) in [5.74, 6) is -7.48. The third-order valence-electron chi connectivity index (χ3n) is 6.38. The van der Waals surface area contributed by atoms with Gasteiger partial charge in [-0.25, -0.2) is 18.6 Å². The summed E-state index contributed by atoms with van der Waals surface area (Å²) in [5, 5.41) is 8.43. The average Bonchev–Trinajstić information content (AvgIpc) is 3.54. The Hall–Kier alpha value is -4.99. The van der Waals surface area contributed by atoms with Gasteiger partial charge in [-0.05, 0) is 37.8 Å². The summed E-state index contributed by atoms with van der Waals surface area (Å²) in [6.45, 7) is 3.55. The monoisotopic (exact) mass is 675 g/mol. The molecule has 3 aromatic rings. The maximum Gasteiger partial charge on any atom is 0.412 e. The van der Waals surface area contributed by atoms with Crippen LogP contribution in [0.5, 0.6) is 0 Å². The van der Waals surface area contributed by atoms with Gasteiger partial charge in [0.25, 0.3) is 5.56 Å². The molecule has 0 bridgehead atoms. The standard InChI is InChI=1S/C31H35F2N5O8S/c1-18(26(32)33)25(28(42)36-15-24(41)46-31(2,3)4)21(39)14-34-23(40)16-38-27(22-11-8-12-47-22)35-13-20(29(38)43)37-30(44)45-17-19-9-6-5-7-10-19/h5-13,18,25-26H,14-17H2,1-4H3,(H,34,40)(H,36,42)(H,37,44). The van der Waals surface area contributed by atoms with Crippen molar-refractivity contribution in [3.05, 3.63) is 70.0 Å². The minimum Gasteiger partial charge on any atom is -0.459 e. The number of amides is 3. The zero-order valence-corrected chi connectivity index (χ0v) is 26.9. The van der Waals surface area contributed by atoms with E-state index in [0.29, 0.717) is 10.4 Å². The molecule has 0 saturated carbocycles. The smallest absolute Gasteiger partial charge is 0.412 e. The van der Waals surface area contributed by atoms with Crippen molar-refractivity contribution >= 4 is 46.7 Å². The van der Waals surface area contributed by atoms with Crippen molar-refractivity contribution in [1.82, 2.24) is 20.2 Å². The van der Waals surface area contributed by atoms with Crippen molar-refractivity contribution < 1.29 is 42.2 Å². The fourth-order valence-corrected chi connectivity index (χ4v) is 4.89. The van der Waals surface area contributed by atoms with E-state index < -0.39 is 78.7 Å². The van der Waals surface area contributed by atoms with Crippen LogP contribution >= 0.6 is 11.3 Å². The molecule has 1 aromatic carbocycles. The van der Waals surface area contributed by atoms with Gasteiger partial charge in [-0.15, -0.1) is 11.3 Å². The van der Waals surface area contributed by atoms with Crippen molar-refractivity contribution in [2.75, 3.05) is 18.4 Å². The van der Waals surface area contributed by atoms with Crippen LogP contribution in [-0.2, 0) is 41.8 Å². The number of carbonyl (C=O) groups is 5. The molecule has 0 aliphatic rings. The van der Waals surface area contributed by atoms with E-state index in [1.54, 1.807) is 68.6 Å². The van der Waals surface area contributed by atoms with Gasteiger partial charge in [-0.2, -0.15) is 0 Å². The molecule has 16 heteroatoms. The summed E-state index contributed by atoms with van der Waals surface area (Å²) in [6.07, 6.45) is -2.90. The Morgan fingerprint density at radius 3 is 2.32 bits per heavy atom. The molecule has 0 radical (unpaired) electrons. The van der Waals surface area contributed by atoms with Crippen LogP contribution in [0.1, 0.15) is 33.3 Å². The molecule has 0 saturated heterocycles. The lowest BCUT2D eigenvalue weighted by atomic mass is 9.89. The highest BCUT2D eigenvalue weighted by Gasteiger charge is 2.37. The Kier molecular flexibility index (Phi) is 12.8. The number of nitrogens with zero attached hydrogens (tertiary/aromatic N) is 2. The Bertz CT molecular complexity index is 1620. The first kappa shape index (κ1) is 36.5. The number of carbonyl (C=O) groups excluding carboxylic acids is 5. The number of anilines is 1. The van der Waals surface area contributed by atoms with Crippen LogP contribution < -0.4 is 21.5 Å². The number of thiophene rings is 1. The lowest BCUT2D eigenvalue weighted by Crippen LogP contribution is -2.47. The topological polar surface area (TPSA) is 175 Å². The number of ether oxygens (including phenoxy) is 2. The molecule has 3 rings (SSSR count). The van der Waals surface area contributed by atoms with E-state index in [9.17, 15) is 37.5 Å². The molecule has 0 aliphatic heterocycles. The van der Waals surface area contributed by atoms with Crippen LogP contribution in [0.2, 0.25) is 0 Å². The zero-order chi connectivity index (χ0) is 34.7. The van der Waals surface area contributed by atoms with Gasteiger partial charge in [-0.3, -0.25) is 33.9 Å². The number of alkyl halides is 2. The number of hydrogen-bond donors (Lipinski definition) is 3. The Balaban J connectivity index is 1.72. The summed E-state index contributed by atoms with van der Waals surface area (Å²) in [4.78, 5) is 81.1. The third-order valence-corrected chi connectivity index (χ3v) is 7.25. The molecule has 2 atom stereocenters. The maximum absolute atomic E-state index is 13.6. The first-order chi connectivity index (χ1) is 22.2. The molecule has 0 fully saturated rings. The molecular weight excluding hydrogens is 640 g/mol. The fourth-order valence-electron chi connectivity index (χ4n) is 4.16. The largest absolute Gasteiger partial charge is 0.459 e. The van der Waals surface area contributed by atoms with Gasteiger partial charge in [0.15, 0.2) is 11.6 Å². The number of nitrogens with one attached hydrogen (secondary N) is 3. The number of esters is 1. The number of rotatable bonds is 14. The summed E-state index contributed by atoms with van der Waals surface area (Å²) < 4.78 is 38.4. The van der Waals surface area contributed by atoms with Crippen LogP contribution in [0.15, 0.2) is 58.8 Å². The molecule has 2 unspecified atom stereocenters. The van der Waals surface area contributed by atoms with Crippen molar-refractivity contribution in [2.45, 2.75) is 52.9 Å². The number of benzene rings is 1. The second kappa shape index (κ2) is 16.5. The van der Waals surface area contributed by atoms with Crippen LogP contribution in [0.3, 0.4) is 0 Å². The van der Waals surface area contributed by atoms with Crippen LogP contribution in [-0.4, -0.2) is 64.3 Å². The Labute approximate surface area is 272 Å². The highest BCUT2D eigenvalue weighted by molar-refractivity contribution is 7.13. The highest BCUT2D eigenvalue weighted by Crippen LogP contribution is 2.23. The molecule has 3 N–H and O–H groups in total. The van der Waals surface area contributed by atoms with Gasteiger partial charge >= 0.3 is 12.1 Å². The van der Waals surface area contributed by atoms with E-state index in [2.05, 4.69) is 20.9 Å². The third kappa shape index (κ3) is 11.1. The number of ketones is 1. The number of hydrogen-bond acceptors (Lipinski definition) is 10. The van der Waals surface area contributed by atoms with Gasteiger partial charge in [0.05, 0.1) is 17.6 Å². The Morgan fingerprint density at radius 1 is 1.00 bits per heavy atom. The molecular formula is C31H35F2N5O8S. The minimum atomic E-state index is -3.07. The molecule has 47 heavy (non-hydrogen) atoms. The van der Waals surface area contributed by atoms with Crippen LogP contribution in [0, 0.1) is 11.8 Å². The van der Waals surface area contributed by atoms with E-state index in [1.165, 1.54) is 11.3 Å². The second-order valence-electron chi connectivity index (χ2n) is 11.3. The predicted molar refractivity (Wildman–Crippen MR) is 168 cm³/mol. The zero-order valence-electron chi connectivity index (χ0n) is 26.1. The minimum absolute atomic E-state index is 0.0673. The van der Waals surface area contributed by atoms with Gasteiger partial charge in [-0.1, -0.05) is 43.3 Å². The quantitative estimate of drug-likeness (QED) is 0.171. The van der Waals surface area contributed by atoms with Gasteiger partial charge in [0, 0.05) is 5.92 Å². The number of aromatic nitrogens is 2. The van der Waals surface area contributed by atoms with Crippen molar-refractivity contribution in [3.8, 4) is 10.7 Å². The summed E-state index contributed by atoms with van der Waals surface area (Å²) >= 11 is 1.22. The molecule has 252 valence electrons. The Morgan fingerprint density at radius 2 is 1.70 bits per heavy atom. The first-order valence-corrected chi connectivity index (χ1v) is 15.2. The van der Waals surface area contributed by atoms with Gasteiger partial charge in [0.2, 0.25) is 18.2 Å². The second-order valence-corrected chi connectivity index (χ2v) is 12.2. The van der Waals surface area contributed by atoms with Crippen molar-refractivity contribution in [1.29, 1.82) is 0 Å². The van der Waals surface area contributed by atoms with E-state index >= 15 is 0 Å². The van der Waals surface area contributed by atoms with Gasteiger partial charge in [0.1, 0.15) is 36.9 Å². The summed E-state index contributed by atoms with van der Waals surface area (Å²) in [7, 11) is 0. The van der Waals surface area contributed by atoms with E-state index in [-0.39, 0.29) is 18.1 Å². The van der Waals surface area contributed by atoms with E-state index in [1.807, 2.05) is 0 Å². The first-order valence-electron chi connectivity index (χ1n) is 14.3. The molecule has 2 aromatic heterocycles. The fraction of sp³-hybridized carbons (Fsp3) is 0.387. The SMILES string of the molecule is CC(C(F)F)C(C(=O)CNC(=O)Cn1c(-c2cccs2)ncc(NC(=O)OCc2ccccc2)c1=O)C(=O)NCC(=O)OC(C)(C)C. The summed E-state index contributed by atoms with van der Waals surface area (Å²) in [6, 6.07) is 12.2. The van der Waals surface area contributed by atoms with E-state index in [0.717, 1.165) is 17.7 Å². The summed E-state index contributed by atoms with van der Waals surface area (Å²) in [5.41, 5.74) is -1.25. The average molecular weight is 676 g/mol. The maximum atomic E-state index is 13.6. The number of halogens is 2. The molecule has 0 aliphatic carbocycles. The lowest BCUT2D eigenvalue weighted by Gasteiger charge is -2.23. The molecule has 2 heterocycles.